The molecule has 3 rings (SSSR count). The maximum absolute atomic E-state index is 12.2. The van der Waals surface area contributed by atoms with Crippen molar-refractivity contribution in [1.82, 2.24) is 4.72 Å². The molecule has 1 aliphatic carbocycles. The van der Waals surface area contributed by atoms with Crippen molar-refractivity contribution in [3.05, 3.63) is 52.2 Å². The first-order chi connectivity index (χ1) is 9.60. The van der Waals surface area contributed by atoms with Crippen molar-refractivity contribution in [3.63, 3.8) is 0 Å². The number of nitrogens with one attached hydrogen (secondary N) is 1. The lowest BCUT2D eigenvalue weighted by Crippen LogP contribution is -2.26. The monoisotopic (exact) mass is 309 g/mol. The second-order valence-corrected chi connectivity index (χ2v) is 7.60. The largest absolute Gasteiger partial charge is 0.391 e. The molecule has 1 heterocycles. The summed E-state index contributed by atoms with van der Waals surface area (Å²) in [4.78, 5) is 0.894. The average Bonchev–Trinajstić information content (AvgIpc) is 3.02. The minimum absolute atomic E-state index is 0.0279. The second-order valence-electron chi connectivity index (χ2n) is 4.89. The first-order valence-corrected chi connectivity index (χ1v) is 8.72. The van der Waals surface area contributed by atoms with Crippen molar-refractivity contribution in [2.24, 2.45) is 0 Å². The first kappa shape index (κ1) is 13.8. The third-order valence-electron chi connectivity index (χ3n) is 3.42. The third kappa shape index (κ3) is 2.78. The third-order valence-corrected chi connectivity index (χ3v) is 5.96. The highest BCUT2D eigenvalue weighted by molar-refractivity contribution is 7.89. The van der Waals surface area contributed by atoms with Gasteiger partial charge in [-0.3, -0.25) is 0 Å². The van der Waals surface area contributed by atoms with Crippen LogP contribution in [0.25, 0.3) is 0 Å². The van der Waals surface area contributed by atoms with Crippen LogP contribution in [-0.4, -0.2) is 19.6 Å². The smallest absolute Gasteiger partial charge is 0.241 e. The fourth-order valence-corrected chi connectivity index (χ4v) is 4.67. The summed E-state index contributed by atoms with van der Waals surface area (Å²) in [6.07, 6.45) is 0.834. The number of rotatable bonds is 5. The van der Waals surface area contributed by atoms with Crippen LogP contribution in [0, 0.1) is 0 Å². The van der Waals surface area contributed by atoms with Crippen molar-refractivity contribution >= 4 is 21.4 Å². The maximum Gasteiger partial charge on any atom is 0.241 e. The van der Waals surface area contributed by atoms with E-state index >= 15 is 0 Å². The molecule has 20 heavy (non-hydrogen) atoms. The van der Waals surface area contributed by atoms with Gasteiger partial charge in [-0.15, -0.1) is 11.3 Å². The summed E-state index contributed by atoms with van der Waals surface area (Å²) in [5, 5.41) is 10.6. The topological polar surface area (TPSA) is 66.4 Å². The van der Waals surface area contributed by atoms with Gasteiger partial charge in [0.05, 0.1) is 11.5 Å². The van der Waals surface area contributed by atoms with Crippen LogP contribution in [0.3, 0.4) is 0 Å². The van der Waals surface area contributed by atoms with Gasteiger partial charge >= 0.3 is 0 Å². The van der Waals surface area contributed by atoms with Gasteiger partial charge < -0.3 is 5.11 Å². The van der Waals surface area contributed by atoms with Crippen LogP contribution in [0.5, 0.6) is 0 Å². The van der Waals surface area contributed by atoms with E-state index in [4.69, 9.17) is 5.11 Å². The van der Waals surface area contributed by atoms with Crippen molar-refractivity contribution in [3.8, 4) is 0 Å². The summed E-state index contributed by atoms with van der Waals surface area (Å²) in [6, 6.07) is 11.4. The van der Waals surface area contributed by atoms with Gasteiger partial charge in [0.1, 0.15) is 0 Å². The molecule has 2 unspecified atom stereocenters. The Bertz CT molecular complexity index is 694. The molecule has 0 spiro atoms. The summed E-state index contributed by atoms with van der Waals surface area (Å²) in [5.74, 6) is 0.266. The highest BCUT2D eigenvalue weighted by Crippen LogP contribution is 2.41. The first-order valence-electron chi connectivity index (χ1n) is 6.36. The quantitative estimate of drug-likeness (QED) is 0.888. The Morgan fingerprint density at radius 2 is 2.05 bits per heavy atom. The molecular formula is C14H15NO3S2. The number of hydrogen-bond acceptors (Lipinski definition) is 4. The average molecular weight is 309 g/mol. The van der Waals surface area contributed by atoms with Crippen molar-refractivity contribution < 1.29 is 13.5 Å². The zero-order chi connectivity index (χ0) is 14.2. The van der Waals surface area contributed by atoms with E-state index in [9.17, 15) is 8.42 Å². The predicted molar refractivity (Wildman–Crippen MR) is 78.2 cm³/mol. The van der Waals surface area contributed by atoms with Crippen LogP contribution in [0.2, 0.25) is 0 Å². The molecule has 4 nitrogen and oxygen atoms in total. The lowest BCUT2D eigenvalue weighted by atomic mass is 10.1. The van der Waals surface area contributed by atoms with Gasteiger partial charge in [-0.25, -0.2) is 13.1 Å². The van der Waals surface area contributed by atoms with E-state index in [2.05, 4.69) is 4.72 Å². The lowest BCUT2D eigenvalue weighted by molar-refractivity contribution is 0.285. The zero-order valence-electron chi connectivity index (χ0n) is 10.7. The van der Waals surface area contributed by atoms with Gasteiger partial charge in [0.2, 0.25) is 10.0 Å². The SMILES string of the molecule is O=S(=O)(NC1CC1c1ccccc1)c1csc(CO)c1. The summed E-state index contributed by atoms with van der Waals surface area (Å²) >= 11 is 1.25. The minimum atomic E-state index is -3.48. The van der Waals surface area contributed by atoms with Crippen LogP contribution >= 0.6 is 11.3 Å². The normalized spacial score (nSPS) is 21.9. The molecule has 0 amide bonds. The standard InChI is InChI=1S/C14H15NO3S2/c16-8-11-6-12(9-19-11)20(17,18)15-14-7-13(14)10-4-2-1-3-5-10/h1-6,9,13-16H,7-8H2. The van der Waals surface area contributed by atoms with Crippen LogP contribution in [-0.2, 0) is 16.6 Å². The van der Waals surface area contributed by atoms with Crippen molar-refractivity contribution in [2.45, 2.75) is 29.9 Å². The molecule has 1 aliphatic rings. The Kier molecular flexibility index (Phi) is 3.64. The molecule has 0 aliphatic heterocycles. The molecular weight excluding hydrogens is 294 g/mol. The molecule has 1 fully saturated rings. The van der Waals surface area contributed by atoms with E-state index < -0.39 is 10.0 Å². The van der Waals surface area contributed by atoms with Gasteiger partial charge in [0.25, 0.3) is 0 Å². The second kappa shape index (κ2) is 5.29. The minimum Gasteiger partial charge on any atom is -0.391 e. The summed E-state index contributed by atoms with van der Waals surface area (Å²) < 4.78 is 27.1. The Morgan fingerprint density at radius 3 is 2.70 bits per heavy atom. The Hall–Kier alpha value is -1.21. The summed E-state index contributed by atoms with van der Waals surface area (Å²) in [6.45, 7) is -0.129. The summed E-state index contributed by atoms with van der Waals surface area (Å²) in [5.41, 5.74) is 1.17. The molecule has 0 saturated heterocycles. The van der Waals surface area contributed by atoms with Crippen LogP contribution in [0.1, 0.15) is 22.8 Å². The van der Waals surface area contributed by atoms with E-state index in [0.717, 1.165) is 6.42 Å². The van der Waals surface area contributed by atoms with E-state index in [1.807, 2.05) is 30.3 Å². The lowest BCUT2D eigenvalue weighted by Gasteiger charge is -2.04. The van der Waals surface area contributed by atoms with Gasteiger partial charge in [-0.2, -0.15) is 0 Å². The molecule has 106 valence electrons. The van der Waals surface area contributed by atoms with Crippen LogP contribution in [0.15, 0.2) is 46.7 Å². The van der Waals surface area contributed by atoms with Gasteiger partial charge in [-0.05, 0) is 18.1 Å². The fourth-order valence-electron chi connectivity index (χ4n) is 2.25. The van der Waals surface area contributed by atoms with Gasteiger partial charge in [0, 0.05) is 22.2 Å². The molecule has 0 radical (unpaired) electrons. The number of aliphatic hydroxyl groups is 1. The van der Waals surface area contributed by atoms with Crippen molar-refractivity contribution in [1.29, 1.82) is 0 Å². The molecule has 6 heteroatoms. The highest BCUT2D eigenvalue weighted by atomic mass is 32.2. The number of benzene rings is 1. The number of thiophene rings is 1. The maximum atomic E-state index is 12.2. The van der Waals surface area contributed by atoms with E-state index in [0.29, 0.717) is 4.88 Å². The zero-order valence-corrected chi connectivity index (χ0v) is 12.3. The van der Waals surface area contributed by atoms with Crippen LogP contribution < -0.4 is 4.72 Å². The Labute approximate surface area is 122 Å². The van der Waals surface area contributed by atoms with Gasteiger partial charge in [0.15, 0.2) is 0 Å². The molecule has 2 aromatic rings. The van der Waals surface area contributed by atoms with E-state index in [-0.39, 0.29) is 23.5 Å². The van der Waals surface area contributed by atoms with E-state index in [1.165, 1.54) is 23.0 Å². The fraction of sp³-hybridized carbons (Fsp3) is 0.286. The molecule has 2 N–H and O–H groups in total. The number of aliphatic hydroxyl groups excluding tert-OH is 1. The predicted octanol–water partition coefficient (Wildman–Crippen LogP) is 2.07. The molecule has 1 saturated carbocycles. The molecule has 2 atom stereocenters. The summed E-state index contributed by atoms with van der Waals surface area (Å²) in [7, 11) is -3.48. The van der Waals surface area contributed by atoms with E-state index in [1.54, 1.807) is 5.38 Å². The molecule has 1 aromatic heterocycles. The number of sulfonamides is 1. The Balaban J connectivity index is 1.70. The van der Waals surface area contributed by atoms with Crippen LogP contribution in [0.4, 0.5) is 0 Å². The Morgan fingerprint density at radius 1 is 1.30 bits per heavy atom. The molecule has 1 aromatic carbocycles. The van der Waals surface area contributed by atoms with Crippen molar-refractivity contribution in [2.75, 3.05) is 0 Å². The molecule has 0 bridgehead atoms. The number of hydrogen-bond donors (Lipinski definition) is 2. The highest BCUT2D eigenvalue weighted by Gasteiger charge is 2.41. The van der Waals surface area contributed by atoms with Gasteiger partial charge in [-0.1, -0.05) is 30.3 Å².